The first-order valence-electron chi connectivity index (χ1n) is 30.1. The monoisotopic (exact) mass is 975 g/mol. The Morgan fingerprint density at radius 2 is 0.614 bits per heavy atom. The summed E-state index contributed by atoms with van der Waals surface area (Å²) >= 11 is 0. The average molecular weight is 976 g/mol. The summed E-state index contributed by atoms with van der Waals surface area (Å²) < 4.78 is 10.7. The molecule has 0 aromatic heterocycles. The zero-order valence-electron chi connectivity index (χ0n) is 46.3. The Morgan fingerprint density at radius 1 is 0.343 bits per heavy atom. The smallest absolute Gasteiger partial charge is 0.306 e. The molecule has 0 spiro atoms. The Balaban J connectivity index is 3.47. The highest BCUT2D eigenvalue weighted by atomic mass is 16.6. The minimum absolute atomic E-state index is 0.0668. The van der Waals surface area contributed by atoms with Crippen LogP contribution in [0.1, 0.15) is 296 Å². The summed E-state index contributed by atoms with van der Waals surface area (Å²) in [6.07, 6.45) is 84.2. The van der Waals surface area contributed by atoms with E-state index < -0.39 is 6.10 Å². The number of rotatable bonds is 55. The molecule has 0 aliphatic heterocycles. The number of hydrogen-bond acceptors (Lipinski definition) is 5. The molecule has 0 rings (SSSR count). The third kappa shape index (κ3) is 57.7. The molecule has 0 aliphatic carbocycles. The lowest BCUT2D eigenvalue weighted by Gasteiger charge is -2.15. The van der Waals surface area contributed by atoms with Crippen LogP contribution in [-0.4, -0.2) is 36.4 Å². The van der Waals surface area contributed by atoms with Gasteiger partial charge in [0.1, 0.15) is 6.61 Å². The summed E-state index contributed by atoms with van der Waals surface area (Å²) in [7, 11) is 0. The minimum atomic E-state index is -0.776. The van der Waals surface area contributed by atoms with Gasteiger partial charge >= 0.3 is 11.9 Å². The quantitative estimate of drug-likeness (QED) is 0.0373. The van der Waals surface area contributed by atoms with E-state index >= 15 is 0 Å². The molecule has 0 heterocycles. The van der Waals surface area contributed by atoms with Crippen LogP contribution in [0.4, 0.5) is 0 Å². The van der Waals surface area contributed by atoms with Gasteiger partial charge in [-0.2, -0.15) is 0 Å². The molecular formula is C65H114O5. The van der Waals surface area contributed by atoms with Gasteiger partial charge in [-0.1, -0.05) is 279 Å². The van der Waals surface area contributed by atoms with Gasteiger partial charge in [-0.25, -0.2) is 0 Å². The molecule has 1 atom stereocenters. The molecule has 5 nitrogen and oxygen atoms in total. The third-order valence-corrected chi connectivity index (χ3v) is 13.2. The van der Waals surface area contributed by atoms with Crippen molar-refractivity contribution in [2.75, 3.05) is 13.2 Å². The molecule has 0 radical (unpaired) electrons. The SMILES string of the molecule is CC/C=C\C/C=C\C/C=C\C/C=C\C/C=C\CCCCCCCCCCCCCCCCCCCC(=O)OC(CO)COC(=O)CCCCCCCCCCCCC/C=C\C/C=C\CCCCCCC. The van der Waals surface area contributed by atoms with E-state index in [-0.39, 0.29) is 25.2 Å². The van der Waals surface area contributed by atoms with Gasteiger partial charge in [0.25, 0.3) is 0 Å². The molecule has 0 fully saturated rings. The molecule has 0 aromatic rings. The topological polar surface area (TPSA) is 72.8 Å². The number of allylic oxidation sites excluding steroid dienone is 14. The highest BCUT2D eigenvalue weighted by Crippen LogP contribution is 2.17. The van der Waals surface area contributed by atoms with Crippen LogP contribution >= 0.6 is 0 Å². The molecular weight excluding hydrogens is 861 g/mol. The van der Waals surface area contributed by atoms with Crippen LogP contribution < -0.4 is 0 Å². The van der Waals surface area contributed by atoms with E-state index in [0.717, 1.165) is 77.0 Å². The first kappa shape index (κ1) is 67.1. The third-order valence-electron chi connectivity index (χ3n) is 13.2. The van der Waals surface area contributed by atoms with Crippen LogP contribution in [0, 0.1) is 0 Å². The van der Waals surface area contributed by atoms with Crippen molar-refractivity contribution in [2.24, 2.45) is 0 Å². The first-order chi connectivity index (χ1) is 34.6. The van der Waals surface area contributed by atoms with Crippen LogP contribution in [0.3, 0.4) is 0 Å². The average Bonchev–Trinajstić information content (AvgIpc) is 3.36. The second-order valence-corrected chi connectivity index (χ2v) is 20.0. The predicted octanol–water partition coefficient (Wildman–Crippen LogP) is 20.5. The number of esters is 2. The lowest BCUT2D eigenvalue weighted by molar-refractivity contribution is -0.161. The van der Waals surface area contributed by atoms with Crippen molar-refractivity contribution < 1.29 is 24.2 Å². The predicted molar refractivity (Wildman–Crippen MR) is 306 cm³/mol. The zero-order valence-corrected chi connectivity index (χ0v) is 46.3. The number of carbonyl (C=O) groups is 2. The van der Waals surface area contributed by atoms with Crippen molar-refractivity contribution >= 4 is 11.9 Å². The zero-order chi connectivity index (χ0) is 50.6. The molecule has 1 unspecified atom stereocenters. The van der Waals surface area contributed by atoms with Crippen LogP contribution in [0.5, 0.6) is 0 Å². The van der Waals surface area contributed by atoms with Crippen molar-refractivity contribution in [3.8, 4) is 0 Å². The van der Waals surface area contributed by atoms with Gasteiger partial charge in [0.2, 0.25) is 0 Å². The highest BCUT2D eigenvalue weighted by molar-refractivity contribution is 5.70. The number of carbonyl (C=O) groups excluding carboxylic acids is 2. The van der Waals surface area contributed by atoms with Crippen molar-refractivity contribution in [2.45, 2.75) is 302 Å². The van der Waals surface area contributed by atoms with E-state index in [1.165, 1.54) is 193 Å². The van der Waals surface area contributed by atoms with Gasteiger partial charge in [0.05, 0.1) is 6.61 Å². The highest BCUT2D eigenvalue weighted by Gasteiger charge is 2.16. The molecule has 0 bridgehead atoms. The van der Waals surface area contributed by atoms with Gasteiger partial charge in [0.15, 0.2) is 6.10 Å². The van der Waals surface area contributed by atoms with Crippen molar-refractivity contribution in [3.05, 3.63) is 85.1 Å². The Kier molecular flexibility index (Phi) is 57.9. The van der Waals surface area contributed by atoms with Gasteiger partial charge in [-0.15, -0.1) is 0 Å². The van der Waals surface area contributed by atoms with E-state index in [1.807, 2.05) is 0 Å². The number of ether oxygens (including phenoxy) is 2. The summed E-state index contributed by atoms with van der Waals surface area (Å²) in [5, 5.41) is 9.67. The van der Waals surface area contributed by atoms with Crippen LogP contribution in [0.15, 0.2) is 85.1 Å². The number of unbranched alkanes of at least 4 members (excludes halogenated alkanes) is 33. The Bertz CT molecular complexity index is 1290. The maximum absolute atomic E-state index is 12.3. The van der Waals surface area contributed by atoms with Crippen LogP contribution in [-0.2, 0) is 19.1 Å². The molecule has 70 heavy (non-hydrogen) atoms. The minimum Gasteiger partial charge on any atom is -0.462 e. The van der Waals surface area contributed by atoms with Crippen LogP contribution in [0.2, 0.25) is 0 Å². The standard InChI is InChI=1S/C65H114O5/c1-3-5-7-9-11-13-15-17-19-21-23-25-27-28-29-30-31-32-33-34-35-36-38-40-42-44-46-48-50-52-54-56-58-60-65(68)70-63(61-66)62-69-64(67)59-57-55-53-51-49-47-45-43-41-39-37-26-24-22-20-18-16-14-12-10-8-6-4-2/h5,7,11,13,16-19,22-25,28-29,63,66H,3-4,6,8-10,12,14-15,20-21,26-27,30-62H2,1-2H3/b7-5-,13-11-,18-16-,19-17-,24-22-,25-23-,29-28-. The largest absolute Gasteiger partial charge is 0.462 e. The number of aliphatic hydroxyl groups is 1. The molecule has 0 amide bonds. The van der Waals surface area contributed by atoms with Gasteiger partial charge in [-0.3, -0.25) is 9.59 Å². The lowest BCUT2D eigenvalue weighted by Crippen LogP contribution is -2.28. The normalized spacial score (nSPS) is 12.8. The molecule has 5 heteroatoms. The number of aliphatic hydroxyl groups excluding tert-OH is 1. The second-order valence-electron chi connectivity index (χ2n) is 20.0. The lowest BCUT2D eigenvalue weighted by atomic mass is 10.0. The summed E-state index contributed by atoms with van der Waals surface area (Å²) in [5.74, 6) is -0.584. The van der Waals surface area contributed by atoms with E-state index in [2.05, 4.69) is 98.9 Å². The van der Waals surface area contributed by atoms with Gasteiger partial charge in [0, 0.05) is 12.8 Å². The fourth-order valence-electron chi connectivity index (χ4n) is 8.67. The van der Waals surface area contributed by atoms with E-state index in [0.29, 0.717) is 12.8 Å². The van der Waals surface area contributed by atoms with Crippen molar-refractivity contribution in [1.82, 2.24) is 0 Å². The number of hydrogen-bond donors (Lipinski definition) is 1. The Labute approximate surface area is 435 Å². The Hall–Kier alpha value is -2.92. The Morgan fingerprint density at radius 3 is 0.929 bits per heavy atom. The summed E-state index contributed by atoms with van der Waals surface area (Å²) in [6.45, 7) is 4.04. The fourth-order valence-corrected chi connectivity index (χ4v) is 8.67. The van der Waals surface area contributed by atoms with E-state index in [1.54, 1.807) is 0 Å². The maximum Gasteiger partial charge on any atom is 0.306 e. The molecule has 0 aromatic carbocycles. The van der Waals surface area contributed by atoms with E-state index in [4.69, 9.17) is 9.47 Å². The fraction of sp³-hybridized carbons (Fsp3) is 0.754. The van der Waals surface area contributed by atoms with Gasteiger partial charge < -0.3 is 14.6 Å². The molecule has 0 saturated carbocycles. The second kappa shape index (κ2) is 60.4. The van der Waals surface area contributed by atoms with E-state index in [9.17, 15) is 14.7 Å². The summed E-state index contributed by atoms with van der Waals surface area (Å²) in [6, 6.07) is 0. The maximum atomic E-state index is 12.3. The molecule has 0 saturated heterocycles. The molecule has 404 valence electrons. The van der Waals surface area contributed by atoms with Crippen LogP contribution in [0.25, 0.3) is 0 Å². The summed E-state index contributed by atoms with van der Waals surface area (Å²) in [4.78, 5) is 24.6. The molecule has 0 aliphatic rings. The first-order valence-corrected chi connectivity index (χ1v) is 30.1. The van der Waals surface area contributed by atoms with Crippen molar-refractivity contribution in [3.63, 3.8) is 0 Å². The summed E-state index contributed by atoms with van der Waals surface area (Å²) in [5.41, 5.74) is 0. The van der Waals surface area contributed by atoms with Crippen molar-refractivity contribution in [1.29, 1.82) is 0 Å². The molecule has 1 N–H and O–H groups in total. The van der Waals surface area contributed by atoms with Gasteiger partial charge in [-0.05, 0) is 89.9 Å².